The standard InChI is InChI=1S/C15H20/c1-3-4-9-14(2)10-8-13-15-11-6-5-7-12-15/h5-8,10-13H,3-4,9H2,1-2H3/b13-8+,14-10+. The lowest BCUT2D eigenvalue weighted by Gasteiger charge is -1.96. The van der Waals surface area contributed by atoms with Gasteiger partial charge >= 0.3 is 0 Å². The highest BCUT2D eigenvalue weighted by Crippen LogP contribution is 2.07. The third-order valence-corrected chi connectivity index (χ3v) is 2.39. The Bertz CT molecular complexity index is 317. The molecule has 0 saturated carbocycles. The lowest BCUT2D eigenvalue weighted by atomic mass is 10.1. The first-order valence-corrected chi connectivity index (χ1v) is 5.72. The molecule has 0 atom stereocenters. The molecule has 0 nitrogen and oxygen atoms in total. The second-order valence-electron chi connectivity index (χ2n) is 3.89. The summed E-state index contributed by atoms with van der Waals surface area (Å²) in [4.78, 5) is 0. The van der Waals surface area contributed by atoms with Crippen LogP contribution in [0, 0.1) is 0 Å². The summed E-state index contributed by atoms with van der Waals surface area (Å²) in [7, 11) is 0. The Labute approximate surface area is 93.3 Å². The molecule has 0 bridgehead atoms. The molecule has 0 heteroatoms. The Hall–Kier alpha value is -1.30. The van der Waals surface area contributed by atoms with Crippen LogP contribution >= 0.6 is 0 Å². The summed E-state index contributed by atoms with van der Waals surface area (Å²) in [5.41, 5.74) is 2.72. The molecule has 0 aliphatic rings. The van der Waals surface area contributed by atoms with Gasteiger partial charge < -0.3 is 0 Å². The molecular weight excluding hydrogens is 180 g/mol. The van der Waals surface area contributed by atoms with E-state index in [9.17, 15) is 0 Å². The van der Waals surface area contributed by atoms with E-state index >= 15 is 0 Å². The molecule has 0 aromatic heterocycles. The largest absolute Gasteiger partial charge is 0.0733 e. The second kappa shape index (κ2) is 7.05. The zero-order chi connectivity index (χ0) is 10.9. The molecule has 0 N–H and O–H groups in total. The molecule has 0 aliphatic carbocycles. The van der Waals surface area contributed by atoms with Crippen molar-refractivity contribution in [3.63, 3.8) is 0 Å². The fraction of sp³-hybridized carbons (Fsp3) is 0.333. The van der Waals surface area contributed by atoms with Crippen molar-refractivity contribution in [3.05, 3.63) is 53.6 Å². The smallest absolute Gasteiger partial charge is 0.0257 e. The predicted molar refractivity (Wildman–Crippen MR) is 68.8 cm³/mol. The fourth-order valence-corrected chi connectivity index (χ4v) is 1.43. The molecule has 1 aromatic carbocycles. The molecule has 1 aromatic rings. The molecule has 0 radical (unpaired) electrons. The lowest BCUT2D eigenvalue weighted by Crippen LogP contribution is -1.75. The molecule has 1 rings (SSSR count). The summed E-state index contributed by atoms with van der Waals surface area (Å²) < 4.78 is 0. The minimum absolute atomic E-state index is 1.22. The van der Waals surface area contributed by atoms with Crippen LogP contribution in [0.5, 0.6) is 0 Å². The van der Waals surface area contributed by atoms with Gasteiger partial charge in [-0.15, -0.1) is 0 Å². The van der Waals surface area contributed by atoms with Crippen LogP contribution in [-0.2, 0) is 0 Å². The summed E-state index contributed by atoms with van der Waals surface area (Å²) in [6, 6.07) is 10.4. The summed E-state index contributed by atoms with van der Waals surface area (Å²) in [6.07, 6.45) is 10.3. The molecule has 80 valence electrons. The van der Waals surface area contributed by atoms with Gasteiger partial charge in [-0.25, -0.2) is 0 Å². The molecule has 0 fully saturated rings. The van der Waals surface area contributed by atoms with E-state index < -0.39 is 0 Å². The average Bonchev–Trinajstić information content (AvgIpc) is 2.28. The summed E-state index contributed by atoms with van der Waals surface area (Å²) in [6.45, 7) is 4.43. The van der Waals surface area contributed by atoms with E-state index in [4.69, 9.17) is 0 Å². The van der Waals surface area contributed by atoms with Gasteiger partial charge in [-0.1, -0.05) is 67.5 Å². The van der Waals surface area contributed by atoms with Crippen LogP contribution in [0.25, 0.3) is 6.08 Å². The van der Waals surface area contributed by atoms with Crippen LogP contribution < -0.4 is 0 Å². The highest BCUT2D eigenvalue weighted by molar-refractivity contribution is 5.50. The van der Waals surface area contributed by atoms with Crippen LogP contribution in [0.4, 0.5) is 0 Å². The highest BCUT2D eigenvalue weighted by Gasteiger charge is 1.86. The van der Waals surface area contributed by atoms with Gasteiger partial charge in [0.25, 0.3) is 0 Å². The SMILES string of the molecule is CCCC/C(C)=C/C=C/c1ccccc1. The minimum Gasteiger partial charge on any atom is -0.0733 e. The maximum Gasteiger partial charge on any atom is -0.0257 e. The Morgan fingerprint density at radius 3 is 2.60 bits per heavy atom. The van der Waals surface area contributed by atoms with Crippen molar-refractivity contribution in [2.24, 2.45) is 0 Å². The van der Waals surface area contributed by atoms with E-state index in [0.717, 1.165) is 0 Å². The number of hydrogen-bond donors (Lipinski definition) is 0. The van der Waals surface area contributed by atoms with Crippen LogP contribution in [-0.4, -0.2) is 0 Å². The topological polar surface area (TPSA) is 0 Å². The molecule has 0 aliphatic heterocycles. The van der Waals surface area contributed by atoms with Crippen molar-refractivity contribution >= 4 is 6.08 Å². The first-order valence-electron chi connectivity index (χ1n) is 5.72. The zero-order valence-corrected chi connectivity index (χ0v) is 9.74. The second-order valence-corrected chi connectivity index (χ2v) is 3.89. The van der Waals surface area contributed by atoms with Crippen LogP contribution in [0.15, 0.2) is 48.1 Å². The van der Waals surface area contributed by atoms with Crippen LogP contribution in [0.3, 0.4) is 0 Å². The Kier molecular flexibility index (Phi) is 5.54. The molecule has 0 spiro atoms. The van der Waals surface area contributed by atoms with Crippen molar-refractivity contribution in [3.8, 4) is 0 Å². The minimum atomic E-state index is 1.22. The fourth-order valence-electron chi connectivity index (χ4n) is 1.43. The zero-order valence-electron chi connectivity index (χ0n) is 9.74. The van der Waals surface area contributed by atoms with E-state index in [1.807, 2.05) is 6.07 Å². The van der Waals surface area contributed by atoms with Gasteiger partial charge in [0, 0.05) is 0 Å². The molecule has 15 heavy (non-hydrogen) atoms. The molecule has 0 unspecified atom stereocenters. The molecule has 0 heterocycles. The third-order valence-electron chi connectivity index (χ3n) is 2.39. The van der Waals surface area contributed by atoms with Gasteiger partial charge in [0.2, 0.25) is 0 Å². The molecule has 0 amide bonds. The lowest BCUT2D eigenvalue weighted by molar-refractivity contribution is 0.787. The summed E-state index contributed by atoms with van der Waals surface area (Å²) in [5.74, 6) is 0. The normalized spacial score (nSPS) is 12.3. The van der Waals surface area contributed by atoms with Crippen molar-refractivity contribution in [2.75, 3.05) is 0 Å². The van der Waals surface area contributed by atoms with E-state index in [1.54, 1.807) is 0 Å². The quantitative estimate of drug-likeness (QED) is 0.597. The van der Waals surface area contributed by atoms with Crippen molar-refractivity contribution in [1.29, 1.82) is 0 Å². The van der Waals surface area contributed by atoms with Gasteiger partial charge in [-0.05, 0) is 25.3 Å². The summed E-state index contributed by atoms with van der Waals surface area (Å²) >= 11 is 0. The number of allylic oxidation sites excluding steroid dienone is 3. The van der Waals surface area contributed by atoms with Crippen LogP contribution in [0.1, 0.15) is 38.7 Å². The van der Waals surface area contributed by atoms with E-state index in [-0.39, 0.29) is 0 Å². The number of unbranched alkanes of at least 4 members (excludes halogenated alkanes) is 1. The predicted octanol–water partition coefficient (Wildman–Crippen LogP) is 4.84. The van der Waals surface area contributed by atoms with Gasteiger partial charge in [-0.3, -0.25) is 0 Å². The number of benzene rings is 1. The molecular formula is C15H20. The Balaban J connectivity index is 2.45. The number of rotatable bonds is 5. The van der Waals surface area contributed by atoms with E-state index in [0.29, 0.717) is 0 Å². The van der Waals surface area contributed by atoms with E-state index in [1.165, 1.54) is 30.4 Å². The monoisotopic (exact) mass is 200 g/mol. The number of hydrogen-bond acceptors (Lipinski definition) is 0. The Morgan fingerprint density at radius 1 is 1.20 bits per heavy atom. The van der Waals surface area contributed by atoms with Gasteiger partial charge in [0.1, 0.15) is 0 Å². The summed E-state index contributed by atoms with van der Waals surface area (Å²) in [5, 5.41) is 0. The van der Waals surface area contributed by atoms with Gasteiger partial charge in [0.05, 0.1) is 0 Å². The van der Waals surface area contributed by atoms with Crippen molar-refractivity contribution in [1.82, 2.24) is 0 Å². The van der Waals surface area contributed by atoms with Crippen molar-refractivity contribution in [2.45, 2.75) is 33.1 Å². The molecule has 0 saturated heterocycles. The maximum absolute atomic E-state index is 2.23. The van der Waals surface area contributed by atoms with E-state index in [2.05, 4.69) is 56.3 Å². The van der Waals surface area contributed by atoms with Crippen molar-refractivity contribution < 1.29 is 0 Å². The third kappa shape index (κ3) is 5.21. The average molecular weight is 200 g/mol. The van der Waals surface area contributed by atoms with Gasteiger partial charge in [-0.2, -0.15) is 0 Å². The van der Waals surface area contributed by atoms with Gasteiger partial charge in [0.15, 0.2) is 0 Å². The van der Waals surface area contributed by atoms with Crippen LogP contribution in [0.2, 0.25) is 0 Å². The Morgan fingerprint density at radius 2 is 1.93 bits per heavy atom. The maximum atomic E-state index is 2.23. The highest BCUT2D eigenvalue weighted by atomic mass is 13.9. The first kappa shape index (κ1) is 11.8. The first-order chi connectivity index (χ1) is 7.33.